The third-order valence-corrected chi connectivity index (χ3v) is 7.22. The van der Waals surface area contributed by atoms with Crippen molar-refractivity contribution in [1.29, 1.82) is 0 Å². The van der Waals surface area contributed by atoms with Crippen molar-refractivity contribution < 1.29 is 0 Å². The highest BCUT2D eigenvalue weighted by Crippen LogP contribution is 2.21. The molecule has 1 aliphatic heterocycles. The molecule has 0 aromatic heterocycles. The molecule has 0 radical (unpaired) electrons. The van der Waals surface area contributed by atoms with Crippen molar-refractivity contribution in [3.8, 4) is 0 Å². The molecule has 1 aromatic carbocycles. The maximum Gasteiger partial charge on any atom is 0.0737 e. The molecule has 13 heavy (non-hydrogen) atoms. The zero-order valence-electron chi connectivity index (χ0n) is 8.59. The van der Waals surface area contributed by atoms with E-state index >= 15 is 0 Å². The first kappa shape index (κ1) is 9.01. The summed E-state index contributed by atoms with van der Waals surface area (Å²) in [6.45, 7) is 4.80. The number of benzene rings is 1. The lowest BCUT2D eigenvalue weighted by molar-refractivity contribution is 0.873. The number of fused-ring (bicyclic) bond motifs is 1. The Morgan fingerprint density at radius 2 is 2.00 bits per heavy atom. The van der Waals surface area contributed by atoms with E-state index in [-0.39, 0.29) is 0 Å². The molecular formula is C12H18Si. The van der Waals surface area contributed by atoms with Crippen LogP contribution in [-0.4, -0.2) is 8.80 Å². The van der Waals surface area contributed by atoms with Gasteiger partial charge in [-0.05, 0) is 17.5 Å². The molecule has 0 saturated heterocycles. The fourth-order valence-electron chi connectivity index (χ4n) is 2.48. The molecular weight excluding hydrogens is 172 g/mol. The Morgan fingerprint density at radius 1 is 1.23 bits per heavy atom. The minimum Gasteiger partial charge on any atom is -0.0651 e. The Bertz CT molecular complexity index is 291. The average Bonchev–Trinajstić information content (AvgIpc) is 2.17. The van der Waals surface area contributed by atoms with Crippen LogP contribution >= 0.6 is 0 Å². The van der Waals surface area contributed by atoms with Crippen molar-refractivity contribution in [1.82, 2.24) is 0 Å². The minimum absolute atomic E-state index is 0.597. The number of hydrogen-bond acceptors (Lipinski definition) is 0. The van der Waals surface area contributed by atoms with Crippen LogP contribution in [0.1, 0.15) is 25.8 Å². The van der Waals surface area contributed by atoms with E-state index in [0.29, 0.717) is 0 Å². The van der Waals surface area contributed by atoms with E-state index in [2.05, 4.69) is 38.1 Å². The molecule has 0 saturated carbocycles. The highest BCUT2D eigenvalue weighted by molar-refractivity contribution is 6.75. The Morgan fingerprint density at radius 3 is 2.77 bits per heavy atom. The van der Waals surface area contributed by atoms with Crippen LogP contribution in [0.25, 0.3) is 0 Å². The lowest BCUT2D eigenvalue weighted by Crippen LogP contribution is -2.38. The summed E-state index contributed by atoms with van der Waals surface area (Å²) in [6, 6.07) is 10.6. The van der Waals surface area contributed by atoms with Crippen molar-refractivity contribution >= 4 is 14.0 Å². The molecule has 1 aromatic rings. The van der Waals surface area contributed by atoms with Crippen LogP contribution in [0.2, 0.25) is 11.6 Å². The molecule has 1 heterocycles. The first-order valence-electron chi connectivity index (χ1n) is 5.37. The van der Waals surface area contributed by atoms with E-state index in [1.165, 1.54) is 18.9 Å². The van der Waals surface area contributed by atoms with Crippen molar-refractivity contribution in [3.63, 3.8) is 0 Å². The van der Waals surface area contributed by atoms with Crippen LogP contribution in [0.5, 0.6) is 0 Å². The summed E-state index contributed by atoms with van der Waals surface area (Å²) < 4.78 is 0. The van der Waals surface area contributed by atoms with Crippen LogP contribution in [0.15, 0.2) is 24.3 Å². The second kappa shape index (κ2) is 3.67. The smallest absolute Gasteiger partial charge is 0.0651 e. The van der Waals surface area contributed by atoms with E-state index in [4.69, 9.17) is 0 Å². The van der Waals surface area contributed by atoms with Crippen LogP contribution in [0.4, 0.5) is 0 Å². The topological polar surface area (TPSA) is 0 Å². The average molecular weight is 190 g/mol. The molecule has 0 spiro atoms. The summed E-state index contributed by atoms with van der Waals surface area (Å²) in [5, 5.41) is 1.75. The largest absolute Gasteiger partial charge is 0.0737 e. The molecule has 0 amide bonds. The zero-order valence-corrected chi connectivity index (χ0v) is 9.74. The molecule has 1 atom stereocenters. The molecule has 70 valence electrons. The molecule has 0 bridgehead atoms. The normalized spacial score (nSPS) is 21.6. The molecule has 0 fully saturated rings. The van der Waals surface area contributed by atoms with Crippen LogP contribution in [-0.2, 0) is 6.42 Å². The molecule has 0 N–H and O–H groups in total. The van der Waals surface area contributed by atoms with E-state index in [1.54, 1.807) is 10.8 Å². The van der Waals surface area contributed by atoms with E-state index < -0.39 is 8.80 Å². The van der Waals surface area contributed by atoms with E-state index in [9.17, 15) is 0 Å². The molecule has 1 heteroatoms. The van der Waals surface area contributed by atoms with Gasteiger partial charge in [-0.25, -0.2) is 0 Å². The Kier molecular flexibility index (Phi) is 2.54. The van der Waals surface area contributed by atoms with Gasteiger partial charge in [0.15, 0.2) is 0 Å². The van der Waals surface area contributed by atoms with Crippen LogP contribution in [0.3, 0.4) is 0 Å². The molecule has 1 aliphatic rings. The van der Waals surface area contributed by atoms with Crippen molar-refractivity contribution in [2.75, 3.05) is 0 Å². The zero-order chi connectivity index (χ0) is 9.26. The second-order valence-corrected chi connectivity index (χ2v) is 8.19. The quantitative estimate of drug-likeness (QED) is 0.597. The van der Waals surface area contributed by atoms with Crippen molar-refractivity contribution in [2.45, 2.75) is 38.3 Å². The lowest BCUT2D eigenvalue weighted by Gasteiger charge is -2.26. The summed E-state index contributed by atoms with van der Waals surface area (Å²) in [5.74, 6) is 0. The van der Waals surface area contributed by atoms with Crippen molar-refractivity contribution in [2.24, 2.45) is 0 Å². The van der Waals surface area contributed by atoms with Gasteiger partial charge in [0, 0.05) is 0 Å². The summed E-state index contributed by atoms with van der Waals surface area (Å²) in [7, 11) is -0.597. The van der Waals surface area contributed by atoms with Gasteiger partial charge in [0.05, 0.1) is 8.80 Å². The Hall–Kier alpha value is -0.563. The van der Waals surface area contributed by atoms with Gasteiger partial charge in [-0.15, -0.1) is 0 Å². The lowest BCUT2D eigenvalue weighted by atomic mass is 10.1. The van der Waals surface area contributed by atoms with Gasteiger partial charge in [-0.2, -0.15) is 0 Å². The first-order valence-corrected chi connectivity index (χ1v) is 7.43. The third kappa shape index (κ3) is 1.71. The fourth-order valence-corrected chi connectivity index (χ4v) is 5.90. The van der Waals surface area contributed by atoms with Gasteiger partial charge in [0.2, 0.25) is 0 Å². The summed E-state index contributed by atoms with van der Waals surface area (Å²) in [5.41, 5.74) is 2.58. The van der Waals surface area contributed by atoms with Gasteiger partial charge in [0.25, 0.3) is 0 Å². The predicted molar refractivity (Wildman–Crippen MR) is 61.5 cm³/mol. The Labute approximate surface area is 82.6 Å². The monoisotopic (exact) mass is 190 g/mol. The number of aryl methyl sites for hydroxylation is 1. The number of rotatable bonds is 1. The fraction of sp³-hybridized carbons (Fsp3) is 0.500. The van der Waals surface area contributed by atoms with Gasteiger partial charge >= 0.3 is 0 Å². The predicted octanol–water partition coefficient (Wildman–Crippen LogP) is 2.48. The van der Waals surface area contributed by atoms with E-state index in [1.807, 2.05) is 0 Å². The summed E-state index contributed by atoms with van der Waals surface area (Å²) in [6.07, 6.45) is 2.76. The SMILES string of the molecule is CC(C)[Si@H]1CCCc2ccccc21. The molecule has 0 aliphatic carbocycles. The Balaban J connectivity index is 2.37. The highest BCUT2D eigenvalue weighted by Gasteiger charge is 2.23. The van der Waals surface area contributed by atoms with Gasteiger partial charge in [0.1, 0.15) is 0 Å². The van der Waals surface area contributed by atoms with Crippen LogP contribution < -0.4 is 5.19 Å². The summed E-state index contributed by atoms with van der Waals surface area (Å²) in [4.78, 5) is 0. The summed E-state index contributed by atoms with van der Waals surface area (Å²) >= 11 is 0. The van der Waals surface area contributed by atoms with Gasteiger partial charge < -0.3 is 0 Å². The molecule has 0 unspecified atom stereocenters. The van der Waals surface area contributed by atoms with Gasteiger partial charge in [-0.1, -0.05) is 55.8 Å². The third-order valence-electron chi connectivity index (χ3n) is 3.22. The molecule has 2 rings (SSSR count). The van der Waals surface area contributed by atoms with Gasteiger partial charge in [-0.3, -0.25) is 0 Å². The maximum absolute atomic E-state index is 2.40. The van der Waals surface area contributed by atoms with Crippen LogP contribution in [0, 0.1) is 0 Å². The second-order valence-electron chi connectivity index (χ2n) is 4.44. The maximum atomic E-state index is 2.40. The van der Waals surface area contributed by atoms with Crippen molar-refractivity contribution in [3.05, 3.63) is 29.8 Å². The number of hydrogen-bond donors (Lipinski definition) is 0. The first-order chi connectivity index (χ1) is 6.29. The standard InChI is InChI=1S/C12H18Si/c1-10(2)13-9-5-7-11-6-3-4-8-12(11)13/h3-4,6,8,10,13H,5,7,9H2,1-2H3/t13-/m1/s1. The van der Waals surface area contributed by atoms with E-state index in [0.717, 1.165) is 5.54 Å². The minimum atomic E-state index is -0.597. The highest BCUT2D eigenvalue weighted by atomic mass is 28.3. The molecule has 0 nitrogen and oxygen atoms in total.